The first-order chi connectivity index (χ1) is 11.0. The minimum atomic E-state index is -0.442. The number of ketones is 1. The Labute approximate surface area is 141 Å². The number of alkyl halides is 1. The fraction of sp³-hybridized carbons (Fsp3) is 0.579. The van der Waals surface area contributed by atoms with E-state index < -0.39 is 5.41 Å². The summed E-state index contributed by atoms with van der Waals surface area (Å²) >= 11 is 6.75. The highest BCUT2D eigenvalue weighted by Crippen LogP contribution is 2.64. The van der Waals surface area contributed by atoms with E-state index in [2.05, 4.69) is 0 Å². The lowest BCUT2D eigenvalue weighted by Gasteiger charge is -2.58. The van der Waals surface area contributed by atoms with Crippen molar-refractivity contribution in [2.75, 3.05) is 6.61 Å². The predicted molar refractivity (Wildman–Crippen MR) is 87.4 cm³/mol. The number of halogens is 1. The van der Waals surface area contributed by atoms with Crippen LogP contribution >= 0.6 is 11.6 Å². The molecule has 4 atom stereocenters. The summed E-state index contributed by atoms with van der Waals surface area (Å²) in [5.41, 5.74) is 0.141. The SMILES string of the molecule is O=C(COC(=O)C12C[C@@H]3C[C@@H](CC(Cl)(C3)C1)C2)c1ccccc1. The third-order valence-electron chi connectivity index (χ3n) is 5.85. The quantitative estimate of drug-likeness (QED) is 0.475. The summed E-state index contributed by atoms with van der Waals surface area (Å²) in [4.78, 5) is 24.7. The molecule has 4 aliphatic rings. The molecule has 5 rings (SSSR count). The van der Waals surface area contributed by atoms with Crippen molar-refractivity contribution in [2.45, 2.75) is 43.4 Å². The Morgan fingerprint density at radius 2 is 1.74 bits per heavy atom. The summed E-state index contributed by atoms with van der Waals surface area (Å²) in [7, 11) is 0. The Morgan fingerprint density at radius 3 is 2.35 bits per heavy atom. The van der Waals surface area contributed by atoms with Crippen molar-refractivity contribution in [1.82, 2.24) is 0 Å². The monoisotopic (exact) mass is 332 g/mol. The number of carbonyl (C=O) groups is 2. The fourth-order valence-corrected chi connectivity index (χ4v) is 6.07. The molecule has 1 aromatic rings. The van der Waals surface area contributed by atoms with Crippen LogP contribution in [0.4, 0.5) is 0 Å². The fourth-order valence-electron chi connectivity index (χ4n) is 5.38. The van der Waals surface area contributed by atoms with Crippen molar-refractivity contribution in [3.05, 3.63) is 35.9 Å². The topological polar surface area (TPSA) is 43.4 Å². The highest BCUT2D eigenvalue weighted by Gasteiger charge is 2.60. The van der Waals surface area contributed by atoms with Crippen LogP contribution < -0.4 is 0 Å². The van der Waals surface area contributed by atoms with E-state index in [-0.39, 0.29) is 23.2 Å². The number of Topliss-reactive ketones (excluding diaryl/α,β-unsaturated/α-hetero) is 1. The van der Waals surface area contributed by atoms with Crippen molar-refractivity contribution in [2.24, 2.45) is 17.3 Å². The molecule has 122 valence electrons. The van der Waals surface area contributed by atoms with Crippen LogP contribution in [0, 0.1) is 17.3 Å². The van der Waals surface area contributed by atoms with Crippen LogP contribution in [0.2, 0.25) is 0 Å². The van der Waals surface area contributed by atoms with Gasteiger partial charge in [-0.2, -0.15) is 0 Å². The van der Waals surface area contributed by atoms with E-state index in [1.165, 1.54) is 6.42 Å². The van der Waals surface area contributed by atoms with Crippen LogP contribution in [0.3, 0.4) is 0 Å². The largest absolute Gasteiger partial charge is 0.457 e. The molecule has 0 N–H and O–H groups in total. The van der Waals surface area contributed by atoms with Crippen molar-refractivity contribution >= 4 is 23.4 Å². The summed E-state index contributed by atoms with van der Waals surface area (Å²) in [6.45, 7) is -0.171. The number of hydrogen-bond donors (Lipinski definition) is 0. The van der Waals surface area contributed by atoms with E-state index in [0.29, 0.717) is 23.8 Å². The number of esters is 1. The molecule has 0 saturated heterocycles. The van der Waals surface area contributed by atoms with Gasteiger partial charge in [0.05, 0.1) is 5.41 Å². The van der Waals surface area contributed by atoms with Gasteiger partial charge in [-0.15, -0.1) is 11.6 Å². The number of hydrogen-bond acceptors (Lipinski definition) is 3. The third-order valence-corrected chi connectivity index (χ3v) is 6.30. The van der Waals surface area contributed by atoms with E-state index in [9.17, 15) is 9.59 Å². The van der Waals surface area contributed by atoms with Crippen molar-refractivity contribution in [3.8, 4) is 0 Å². The summed E-state index contributed by atoms with van der Waals surface area (Å²) in [6, 6.07) is 8.97. The maximum Gasteiger partial charge on any atom is 0.312 e. The first-order valence-electron chi connectivity index (χ1n) is 8.43. The molecule has 1 aromatic carbocycles. The zero-order chi connectivity index (χ0) is 16.1. The standard InChI is InChI=1S/C19H21ClO3/c20-19-9-13-6-14(10-19)8-18(7-13,12-19)17(22)23-11-16(21)15-4-2-1-3-5-15/h1-5,13-14H,6-12H2/t13-,14+,18?,19?. The maximum absolute atomic E-state index is 12.7. The second-order valence-electron chi connectivity index (χ2n) is 7.76. The zero-order valence-electron chi connectivity index (χ0n) is 13.1. The smallest absolute Gasteiger partial charge is 0.312 e. The molecular weight excluding hydrogens is 312 g/mol. The van der Waals surface area contributed by atoms with Gasteiger partial charge in [-0.1, -0.05) is 30.3 Å². The molecule has 4 aliphatic carbocycles. The molecule has 0 aromatic heterocycles. The molecule has 0 aliphatic heterocycles. The molecule has 2 unspecified atom stereocenters. The minimum Gasteiger partial charge on any atom is -0.457 e. The summed E-state index contributed by atoms with van der Waals surface area (Å²) in [5.74, 6) is 0.738. The molecule has 23 heavy (non-hydrogen) atoms. The van der Waals surface area contributed by atoms with Gasteiger partial charge in [-0.05, 0) is 50.4 Å². The van der Waals surface area contributed by atoms with Crippen LogP contribution in [0.25, 0.3) is 0 Å². The normalized spacial score (nSPS) is 37.6. The zero-order valence-corrected chi connectivity index (χ0v) is 13.8. The Hall–Kier alpha value is -1.35. The summed E-state index contributed by atoms with van der Waals surface area (Å²) < 4.78 is 5.44. The van der Waals surface area contributed by atoms with E-state index in [0.717, 1.165) is 25.7 Å². The van der Waals surface area contributed by atoms with E-state index >= 15 is 0 Å². The first-order valence-corrected chi connectivity index (χ1v) is 8.80. The van der Waals surface area contributed by atoms with E-state index in [1.807, 2.05) is 18.2 Å². The summed E-state index contributed by atoms with van der Waals surface area (Å²) in [5, 5.41) is 0. The molecular formula is C19H21ClO3. The molecule has 4 bridgehead atoms. The minimum absolute atomic E-state index is 0.149. The average Bonchev–Trinajstić information content (AvgIpc) is 2.50. The third kappa shape index (κ3) is 2.69. The Bertz CT molecular complexity index is 625. The van der Waals surface area contributed by atoms with Crippen LogP contribution in [0.1, 0.15) is 48.9 Å². The highest BCUT2D eigenvalue weighted by atomic mass is 35.5. The molecule has 4 heteroatoms. The second kappa shape index (κ2) is 5.34. The van der Waals surface area contributed by atoms with Crippen molar-refractivity contribution in [1.29, 1.82) is 0 Å². The Balaban J connectivity index is 1.44. The number of rotatable bonds is 4. The molecule has 0 spiro atoms. The van der Waals surface area contributed by atoms with E-state index in [1.54, 1.807) is 12.1 Å². The number of carbonyl (C=O) groups excluding carboxylic acids is 2. The van der Waals surface area contributed by atoms with Gasteiger partial charge in [0.15, 0.2) is 12.4 Å². The molecule has 3 nitrogen and oxygen atoms in total. The van der Waals surface area contributed by atoms with Crippen LogP contribution in [-0.4, -0.2) is 23.2 Å². The molecule has 0 amide bonds. The Morgan fingerprint density at radius 1 is 1.09 bits per heavy atom. The molecule has 4 fully saturated rings. The van der Waals surface area contributed by atoms with Crippen molar-refractivity contribution in [3.63, 3.8) is 0 Å². The van der Waals surface area contributed by atoms with Gasteiger partial charge < -0.3 is 4.74 Å². The van der Waals surface area contributed by atoms with Gasteiger partial charge in [0.2, 0.25) is 0 Å². The summed E-state index contributed by atoms with van der Waals surface area (Å²) in [6.07, 6.45) is 5.75. The number of benzene rings is 1. The Kier molecular flexibility index (Phi) is 3.53. The molecule has 0 radical (unpaired) electrons. The number of ether oxygens (including phenoxy) is 1. The van der Waals surface area contributed by atoms with Gasteiger partial charge in [-0.3, -0.25) is 9.59 Å². The van der Waals surface area contributed by atoms with Crippen molar-refractivity contribution < 1.29 is 14.3 Å². The highest BCUT2D eigenvalue weighted by molar-refractivity contribution is 6.24. The predicted octanol–water partition coefficient (Wildman–Crippen LogP) is 3.99. The van der Waals surface area contributed by atoms with Gasteiger partial charge >= 0.3 is 5.97 Å². The molecule has 0 heterocycles. The lowest BCUT2D eigenvalue weighted by Crippen LogP contribution is -2.56. The van der Waals surface area contributed by atoms with Gasteiger partial charge in [0, 0.05) is 10.4 Å². The lowest BCUT2D eigenvalue weighted by molar-refractivity contribution is -0.168. The van der Waals surface area contributed by atoms with Crippen LogP contribution in [0.5, 0.6) is 0 Å². The lowest BCUT2D eigenvalue weighted by atomic mass is 9.49. The van der Waals surface area contributed by atoms with Gasteiger partial charge in [0.1, 0.15) is 0 Å². The van der Waals surface area contributed by atoms with Crippen LogP contribution in [0.15, 0.2) is 30.3 Å². The van der Waals surface area contributed by atoms with Gasteiger partial charge in [-0.25, -0.2) is 0 Å². The average molecular weight is 333 g/mol. The maximum atomic E-state index is 12.7. The molecule has 4 saturated carbocycles. The first kappa shape index (κ1) is 15.2. The van der Waals surface area contributed by atoms with Crippen LogP contribution in [-0.2, 0) is 9.53 Å². The van der Waals surface area contributed by atoms with E-state index in [4.69, 9.17) is 16.3 Å². The van der Waals surface area contributed by atoms with Gasteiger partial charge in [0.25, 0.3) is 0 Å². The second-order valence-corrected chi connectivity index (χ2v) is 8.56.